The number of thioether (sulfide) groups is 1. The van der Waals surface area contributed by atoms with Gasteiger partial charge in [0.1, 0.15) is 5.57 Å². The highest BCUT2D eigenvalue weighted by Gasteiger charge is 2.54. The summed E-state index contributed by atoms with van der Waals surface area (Å²) in [5.41, 5.74) is 0.837. The number of aliphatic carboxylic acids is 1. The predicted molar refractivity (Wildman–Crippen MR) is 87.6 cm³/mol. The van der Waals surface area contributed by atoms with Crippen LogP contribution in [0.2, 0.25) is 0 Å². The minimum Gasteiger partial charge on any atom is -0.478 e. The average Bonchev–Trinajstić information content (AvgIpc) is 3.11. The Balaban J connectivity index is 1.66. The first-order valence-electron chi connectivity index (χ1n) is 8.21. The van der Waals surface area contributed by atoms with Gasteiger partial charge in [-0.2, -0.15) is 0 Å². The number of carbonyl (C=O) groups is 2. The Kier molecular flexibility index (Phi) is 4.29. The lowest BCUT2D eigenvalue weighted by atomic mass is 9.88. The van der Waals surface area contributed by atoms with E-state index in [1.165, 1.54) is 37.2 Å². The highest BCUT2D eigenvalue weighted by atomic mass is 32.2. The number of fused-ring (bicyclic) bond motifs is 1. The number of halogens is 1. The van der Waals surface area contributed by atoms with Crippen LogP contribution >= 0.6 is 11.8 Å². The highest BCUT2D eigenvalue weighted by Crippen LogP contribution is 2.54. The summed E-state index contributed by atoms with van der Waals surface area (Å²) in [5, 5.41) is 12.0. The van der Waals surface area contributed by atoms with E-state index in [1.807, 2.05) is 0 Å². The van der Waals surface area contributed by atoms with E-state index in [4.69, 9.17) is 5.11 Å². The third-order valence-corrected chi connectivity index (χ3v) is 6.45. The zero-order chi connectivity index (χ0) is 16.7. The number of nitrogens with one attached hydrogen (secondary N) is 1. The van der Waals surface area contributed by atoms with Gasteiger partial charge < -0.3 is 10.4 Å². The van der Waals surface area contributed by atoms with Crippen molar-refractivity contribution in [3.63, 3.8) is 0 Å². The van der Waals surface area contributed by atoms with Crippen molar-refractivity contribution in [3.05, 3.63) is 22.6 Å². The van der Waals surface area contributed by atoms with Crippen molar-refractivity contribution in [3.8, 4) is 0 Å². The Morgan fingerprint density at radius 3 is 2.83 bits per heavy atom. The van der Waals surface area contributed by atoms with E-state index in [-0.39, 0.29) is 5.57 Å². The van der Waals surface area contributed by atoms with Gasteiger partial charge in [0.15, 0.2) is 0 Å². The number of alkyl halides is 1. The fraction of sp³-hybridized carbons (Fsp3) is 0.647. The number of hydrogen-bond acceptors (Lipinski definition) is 3. The van der Waals surface area contributed by atoms with Crippen LogP contribution in [0, 0.1) is 5.41 Å². The van der Waals surface area contributed by atoms with Crippen molar-refractivity contribution in [2.45, 2.75) is 62.9 Å². The van der Waals surface area contributed by atoms with Crippen molar-refractivity contribution in [1.82, 2.24) is 5.32 Å². The molecule has 4 nitrogen and oxygen atoms in total. The molecule has 0 saturated heterocycles. The summed E-state index contributed by atoms with van der Waals surface area (Å²) in [7, 11) is 0. The molecule has 6 heteroatoms. The lowest BCUT2D eigenvalue weighted by Gasteiger charge is -2.34. The molecule has 23 heavy (non-hydrogen) atoms. The van der Waals surface area contributed by atoms with Crippen LogP contribution in [-0.2, 0) is 9.59 Å². The minimum absolute atomic E-state index is 0.365. The molecule has 2 atom stereocenters. The SMILES string of the molecule is CCCC1(CCCC2=CC(=O)NC3(F)C(C(=O)O)=CSC23)CC1. The molecule has 1 fully saturated rings. The Labute approximate surface area is 139 Å². The van der Waals surface area contributed by atoms with E-state index >= 15 is 4.39 Å². The molecule has 0 radical (unpaired) electrons. The summed E-state index contributed by atoms with van der Waals surface area (Å²) in [6.07, 6.45) is 9.11. The molecule has 126 valence electrons. The van der Waals surface area contributed by atoms with Crippen molar-refractivity contribution >= 4 is 23.6 Å². The quantitative estimate of drug-likeness (QED) is 0.696. The standard InChI is InChI=1S/C17H22FNO3S/c1-2-5-16(7-8-16)6-3-4-11-9-13(20)19-17(18)12(15(21)22)10-23-14(11)17/h9-10,14H,2-8H2,1H3,(H,19,20)(H,21,22). The maximum Gasteiger partial charge on any atom is 0.337 e. The molecule has 1 aliphatic carbocycles. The van der Waals surface area contributed by atoms with Crippen LogP contribution in [-0.4, -0.2) is 28.0 Å². The Bertz CT molecular complexity index is 597. The smallest absolute Gasteiger partial charge is 0.337 e. The topological polar surface area (TPSA) is 66.4 Å². The predicted octanol–water partition coefficient (Wildman–Crippen LogP) is 3.54. The number of carboxylic acid groups (broad SMARTS) is 1. The largest absolute Gasteiger partial charge is 0.478 e. The maximum atomic E-state index is 15.1. The van der Waals surface area contributed by atoms with Gasteiger partial charge in [0.25, 0.3) is 0 Å². The maximum absolute atomic E-state index is 15.1. The van der Waals surface area contributed by atoms with Gasteiger partial charge >= 0.3 is 5.97 Å². The van der Waals surface area contributed by atoms with Gasteiger partial charge in [-0.3, -0.25) is 4.79 Å². The summed E-state index contributed by atoms with van der Waals surface area (Å²) in [6.45, 7) is 2.19. The van der Waals surface area contributed by atoms with Crippen LogP contribution in [0.25, 0.3) is 0 Å². The zero-order valence-electron chi connectivity index (χ0n) is 13.2. The van der Waals surface area contributed by atoms with Gasteiger partial charge in [0, 0.05) is 6.08 Å². The molecule has 0 spiro atoms. The molecule has 1 saturated carbocycles. The van der Waals surface area contributed by atoms with Gasteiger partial charge in [0.2, 0.25) is 11.7 Å². The molecule has 0 aromatic rings. The van der Waals surface area contributed by atoms with E-state index in [9.17, 15) is 9.59 Å². The van der Waals surface area contributed by atoms with Gasteiger partial charge in [-0.25, -0.2) is 9.18 Å². The molecule has 2 heterocycles. The van der Waals surface area contributed by atoms with Crippen molar-refractivity contribution in [2.75, 3.05) is 0 Å². The lowest BCUT2D eigenvalue weighted by molar-refractivity contribution is -0.134. The number of rotatable bonds is 7. The van der Waals surface area contributed by atoms with Crippen molar-refractivity contribution in [1.29, 1.82) is 0 Å². The number of hydrogen-bond donors (Lipinski definition) is 2. The van der Waals surface area contributed by atoms with Crippen molar-refractivity contribution in [2.24, 2.45) is 5.41 Å². The van der Waals surface area contributed by atoms with Crippen LogP contribution in [0.1, 0.15) is 51.9 Å². The van der Waals surface area contributed by atoms with E-state index in [0.29, 0.717) is 11.8 Å². The number of amides is 1. The molecular weight excluding hydrogens is 317 g/mol. The summed E-state index contributed by atoms with van der Waals surface area (Å²) >= 11 is 1.15. The highest BCUT2D eigenvalue weighted by molar-refractivity contribution is 8.03. The summed E-state index contributed by atoms with van der Waals surface area (Å²) in [4.78, 5) is 23.0. The second kappa shape index (κ2) is 5.96. The molecule has 2 N–H and O–H groups in total. The first-order chi connectivity index (χ1) is 10.9. The second-order valence-electron chi connectivity index (χ2n) is 6.88. The Morgan fingerprint density at radius 2 is 2.22 bits per heavy atom. The molecule has 3 rings (SSSR count). The summed E-state index contributed by atoms with van der Waals surface area (Å²) < 4.78 is 15.1. The van der Waals surface area contributed by atoms with Crippen LogP contribution in [0.3, 0.4) is 0 Å². The first-order valence-corrected chi connectivity index (χ1v) is 9.15. The van der Waals surface area contributed by atoms with Gasteiger partial charge in [-0.05, 0) is 54.9 Å². The normalized spacial score (nSPS) is 31.0. The van der Waals surface area contributed by atoms with Gasteiger partial charge in [-0.15, -0.1) is 11.8 Å². The van der Waals surface area contributed by atoms with Crippen LogP contribution in [0.15, 0.2) is 22.6 Å². The molecule has 1 amide bonds. The third-order valence-electron chi connectivity index (χ3n) is 5.17. The van der Waals surface area contributed by atoms with Crippen LogP contribution in [0.5, 0.6) is 0 Å². The number of carboxylic acids is 1. The Hall–Kier alpha value is -1.30. The van der Waals surface area contributed by atoms with Crippen LogP contribution < -0.4 is 5.32 Å². The first kappa shape index (κ1) is 16.6. The third kappa shape index (κ3) is 3.05. The molecule has 3 aliphatic rings. The van der Waals surface area contributed by atoms with E-state index in [1.54, 1.807) is 0 Å². The molecule has 2 aliphatic heterocycles. The van der Waals surface area contributed by atoms with E-state index < -0.39 is 22.9 Å². The fourth-order valence-electron chi connectivity index (χ4n) is 3.80. The van der Waals surface area contributed by atoms with E-state index in [0.717, 1.165) is 30.2 Å². The van der Waals surface area contributed by atoms with E-state index in [2.05, 4.69) is 12.2 Å². The average molecular weight is 339 g/mol. The molecular formula is C17H22FNO3S. The Morgan fingerprint density at radius 1 is 1.48 bits per heavy atom. The summed E-state index contributed by atoms with van der Waals surface area (Å²) in [6, 6.07) is 0. The molecule has 0 bridgehead atoms. The van der Waals surface area contributed by atoms with Crippen molar-refractivity contribution < 1.29 is 19.1 Å². The van der Waals surface area contributed by atoms with Gasteiger partial charge in [-0.1, -0.05) is 13.3 Å². The summed E-state index contributed by atoms with van der Waals surface area (Å²) in [5.74, 6) is -4.13. The fourth-order valence-corrected chi connectivity index (χ4v) is 5.08. The lowest BCUT2D eigenvalue weighted by Crippen LogP contribution is -2.55. The minimum atomic E-state index is -2.28. The number of carbonyl (C=O) groups excluding carboxylic acids is 1. The molecule has 0 aromatic carbocycles. The molecule has 2 unspecified atom stereocenters. The van der Waals surface area contributed by atoms with Crippen LogP contribution in [0.4, 0.5) is 4.39 Å². The zero-order valence-corrected chi connectivity index (χ0v) is 14.0. The van der Waals surface area contributed by atoms with Gasteiger partial charge in [0.05, 0.1) is 5.25 Å². The second-order valence-corrected chi connectivity index (χ2v) is 7.86. The molecule has 0 aromatic heterocycles. The monoisotopic (exact) mass is 339 g/mol.